The maximum atomic E-state index is 12.7. The lowest BCUT2D eigenvalue weighted by Crippen LogP contribution is -2.21. The van der Waals surface area contributed by atoms with Gasteiger partial charge in [-0.1, -0.05) is 17.4 Å². The molecule has 1 N–H and O–H groups in total. The summed E-state index contributed by atoms with van der Waals surface area (Å²) in [6.45, 7) is -0.0982. The summed E-state index contributed by atoms with van der Waals surface area (Å²) in [4.78, 5) is 20.8. The van der Waals surface area contributed by atoms with Crippen LogP contribution in [0, 0.1) is 0 Å². The van der Waals surface area contributed by atoms with E-state index in [0.29, 0.717) is 36.2 Å². The van der Waals surface area contributed by atoms with Gasteiger partial charge >= 0.3 is 6.18 Å². The summed E-state index contributed by atoms with van der Waals surface area (Å²) in [5, 5.41) is 2.96. The number of carbonyl (C=O) groups excluding carboxylic acids is 1. The molecule has 1 saturated heterocycles. The van der Waals surface area contributed by atoms with Crippen molar-refractivity contribution in [1.29, 1.82) is 0 Å². The topological polar surface area (TPSA) is 91.8 Å². The lowest BCUT2D eigenvalue weighted by Gasteiger charge is -2.23. The van der Waals surface area contributed by atoms with Crippen molar-refractivity contribution in [1.82, 2.24) is 9.97 Å². The number of nitrogens with zero attached hydrogens (tertiary/aromatic N) is 2. The van der Waals surface area contributed by atoms with Crippen LogP contribution in [0.25, 0.3) is 10.2 Å². The van der Waals surface area contributed by atoms with E-state index in [1.807, 2.05) is 6.07 Å². The number of thiazole rings is 1. The highest BCUT2D eigenvalue weighted by molar-refractivity contribution is 7.22. The number of ether oxygens (including phenoxy) is 4. The molecule has 2 aromatic heterocycles. The number of benzene rings is 1. The summed E-state index contributed by atoms with van der Waals surface area (Å²) < 4.78 is 59.1. The van der Waals surface area contributed by atoms with E-state index in [-0.39, 0.29) is 17.5 Å². The quantitative estimate of drug-likeness (QED) is 0.584. The highest BCUT2D eigenvalue weighted by atomic mass is 32.1. The molecule has 1 atom stereocenters. The SMILES string of the molecule is COc1ccc(C2COCCO2)c2sc(NC(=O)c3ccnc(OCC(F)(F)F)c3)nc12. The van der Waals surface area contributed by atoms with Crippen LogP contribution in [0.15, 0.2) is 30.5 Å². The monoisotopic (exact) mass is 469 g/mol. The van der Waals surface area contributed by atoms with Gasteiger partial charge in [-0.3, -0.25) is 10.1 Å². The number of amides is 1. The predicted molar refractivity (Wildman–Crippen MR) is 109 cm³/mol. The highest BCUT2D eigenvalue weighted by Gasteiger charge is 2.29. The van der Waals surface area contributed by atoms with Crippen LogP contribution in [0.1, 0.15) is 22.0 Å². The number of nitrogens with one attached hydrogen (secondary N) is 1. The number of methoxy groups -OCH3 is 1. The van der Waals surface area contributed by atoms with Gasteiger partial charge in [-0.05, 0) is 12.1 Å². The Kier molecular flexibility index (Phi) is 6.44. The second-order valence-electron chi connectivity index (χ2n) is 6.73. The fourth-order valence-corrected chi connectivity index (χ4v) is 4.13. The minimum Gasteiger partial charge on any atom is -0.494 e. The molecule has 0 spiro atoms. The van der Waals surface area contributed by atoms with Crippen molar-refractivity contribution < 1.29 is 36.9 Å². The smallest absolute Gasteiger partial charge is 0.422 e. The third kappa shape index (κ3) is 5.09. The summed E-state index contributed by atoms with van der Waals surface area (Å²) >= 11 is 1.23. The number of hydrogen-bond acceptors (Lipinski definition) is 8. The van der Waals surface area contributed by atoms with E-state index in [2.05, 4.69) is 20.0 Å². The molecule has 1 aliphatic heterocycles. The first kappa shape index (κ1) is 22.2. The normalized spacial score (nSPS) is 16.7. The number of pyridine rings is 1. The molecule has 8 nitrogen and oxygen atoms in total. The lowest BCUT2D eigenvalue weighted by molar-refractivity contribution is -0.154. The molecule has 32 heavy (non-hydrogen) atoms. The molecule has 1 amide bonds. The first-order valence-corrected chi connectivity index (χ1v) is 10.3. The molecule has 4 rings (SSSR count). The Labute approximate surface area is 184 Å². The summed E-state index contributed by atoms with van der Waals surface area (Å²) in [7, 11) is 1.52. The molecule has 0 radical (unpaired) electrons. The molecule has 0 aliphatic carbocycles. The van der Waals surface area contributed by atoms with E-state index in [1.54, 1.807) is 6.07 Å². The standard InChI is InChI=1S/C20H18F3N3O5S/c1-28-13-3-2-12(14-9-29-6-7-30-14)17-16(13)25-19(32-17)26-18(27)11-4-5-24-15(8-11)31-10-20(21,22)23/h2-5,8,14H,6-7,9-10H2,1H3,(H,25,26,27). The van der Waals surface area contributed by atoms with Crippen LogP contribution in [0.2, 0.25) is 0 Å². The zero-order valence-electron chi connectivity index (χ0n) is 16.8. The maximum Gasteiger partial charge on any atom is 0.422 e. The van der Waals surface area contributed by atoms with Gasteiger partial charge in [-0.2, -0.15) is 13.2 Å². The van der Waals surface area contributed by atoms with Crippen molar-refractivity contribution in [3.63, 3.8) is 0 Å². The fourth-order valence-electron chi connectivity index (χ4n) is 3.10. The lowest BCUT2D eigenvalue weighted by atomic mass is 10.1. The van der Waals surface area contributed by atoms with Gasteiger partial charge in [0.15, 0.2) is 11.7 Å². The molecule has 1 unspecified atom stereocenters. The van der Waals surface area contributed by atoms with Crippen LogP contribution in [-0.4, -0.2) is 55.6 Å². The number of fused-ring (bicyclic) bond motifs is 1. The van der Waals surface area contributed by atoms with Crippen molar-refractivity contribution in [2.75, 3.05) is 38.9 Å². The third-order valence-corrected chi connectivity index (χ3v) is 5.54. The van der Waals surface area contributed by atoms with Crippen molar-refractivity contribution >= 4 is 32.6 Å². The Morgan fingerprint density at radius 2 is 2.16 bits per heavy atom. The van der Waals surface area contributed by atoms with Crippen LogP contribution in [0.5, 0.6) is 11.6 Å². The summed E-state index contributed by atoms with van der Waals surface area (Å²) in [5.74, 6) is -0.345. The van der Waals surface area contributed by atoms with Crippen molar-refractivity contribution in [3.05, 3.63) is 41.6 Å². The number of aromatic nitrogens is 2. The van der Waals surface area contributed by atoms with Gasteiger partial charge in [-0.15, -0.1) is 0 Å². The van der Waals surface area contributed by atoms with Crippen molar-refractivity contribution in [3.8, 4) is 11.6 Å². The molecular weight excluding hydrogens is 451 g/mol. The number of anilines is 1. The molecule has 3 aromatic rings. The van der Waals surface area contributed by atoms with Gasteiger partial charge in [0, 0.05) is 23.4 Å². The molecule has 0 saturated carbocycles. The Morgan fingerprint density at radius 1 is 1.31 bits per heavy atom. The first-order chi connectivity index (χ1) is 15.3. The van der Waals surface area contributed by atoms with Crippen LogP contribution < -0.4 is 14.8 Å². The average molecular weight is 469 g/mol. The zero-order chi connectivity index (χ0) is 22.7. The Balaban J connectivity index is 1.57. The summed E-state index contributed by atoms with van der Waals surface area (Å²) in [6.07, 6.45) is -3.58. The van der Waals surface area contributed by atoms with E-state index in [4.69, 9.17) is 14.2 Å². The van der Waals surface area contributed by atoms with Crippen molar-refractivity contribution in [2.45, 2.75) is 12.3 Å². The average Bonchev–Trinajstić information content (AvgIpc) is 3.21. The molecule has 1 aliphatic rings. The molecule has 170 valence electrons. The number of carbonyl (C=O) groups is 1. The molecule has 1 fully saturated rings. The second-order valence-corrected chi connectivity index (χ2v) is 7.73. The Morgan fingerprint density at radius 3 is 2.88 bits per heavy atom. The van der Waals surface area contributed by atoms with Gasteiger partial charge in [-0.25, -0.2) is 9.97 Å². The highest BCUT2D eigenvalue weighted by Crippen LogP contribution is 2.39. The first-order valence-electron chi connectivity index (χ1n) is 9.48. The van der Waals surface area contributed by atoms with Crippen LogP contribution in [0.4, 0.5) is 18.3 Å². The number of rotatable bonds is 6. The fraction of sp³-hybridized carbons (Fsp3) is 0.350. The van der Waals surface area contributed by atoms with Crippen LogP contribution in [-0.2, 0) is 9.47 Å². The van der Waals surface area contributed by atoms with E-state index in [1.165, 1.54) is 30.7 Å². The Hall–Kier alpha value is -2.96. The van der Waals surface area contributed by atoms with E-state index >= 15 is 0 Å². The summed E-state index contributed by atoms with van der Waals surface area (Å²) in [5.41, 5.74) is 1.50. The molecule has 1 aromatic carbocycles. The Bertz CT molecular complexity index is 1120. The third-order valence-electron chi connectivity index (χ3n) is 4.52. The van der Waals surface area contributed by atoms with Gasteiger partial charge in [0.25, 0.3) is 5.91 Å². The second kappa shape index (κ2) is 9.27. The van der Waals surface area contributed by atoms with E-state index in [0.717, 1.165) is 16.3 Å². The summed E-state index contributed by atoms with van der Waals surface area (Å²) in [6, 6.07) is 6.14. The molecule has 0 bridgehead atoms. The van der Waals surface area contributed by atoms with Crippen molar-refractivity contribution in [2.24, 2.45) is 0 Å². The minimum absolute atomic E-state index is 0.0765. The number of alkyl halides is 3. The van der Waals surface area contributed by atoms with Gasteiger partial charge in [0.05, 0.1) is 31.6 Å². The van der Waals surface area contributed by atoms with Gasteiger partial charge in [0.2, 0.25) is 5.88 Å². The van der Waals surface area contributed by atoms with Gasteiger partial charge in [0.1, 0.15) is 17.4 Å². The maximum absolute atomic E-state index is 12.7. The predicted octanol–water partition coefficient (Wildman–Crippen LogP) is 3.98. The molecular formula is C20H18F3N3O5S. The van der Waals surface area contributed by atoms with Gasteiger partial charge < -0.3 is 18.9 Å². The zero-order valence-corrected chi connectivity index (χ0v) is 17.6. The number of halogens is 3. The largest absolute Gasteiger partial charge is 0.494 e. The van der Waals surface area contributed by atoms with Crippen LogP contribution >= 0.6 is 11.3 Å². The molecule has 3 heterocycles. The minimum atomic E-state index is -4.51. The molecule has 12 heteroatoms. The van der Waals surface area contributed by atoms with E-state index in [9.17, 15) is 18.0 Å². The number of hydrogen-bond donors (Lipinski definition) is 1. The van der Waals surface area contributed by atoms with E-state index < -0.39 is 18.7 Å². The van der Waals surface area contributed by atoms with Crippen LogP contribution in [0.3, 0.4) is 0 Å².